The Morgan fingerprint density at radius 3 is 2.88 bits per heavy atom. The second kappa shape index (κ2) is 3.77. The predicted octanol–water partition coefficient (Wildman–Crippen LogP) is 3.00. The van der Waals surface area contributed by atoms with Crippen molar-refractivity contribution in [1.82, 2.24) is 5.43 Å². The minimum Gasteiger partial charge on any atom is -0.459 e. The second-order valence-electron chi connectivity index (χ2n) is 4.31. The number of nitrogens with one attached hydrogen (secondary N) is 1. The zero-order valence-electron chi connectivity index (χ0n) is 8.74. The average molecular weight is 237 g/mol. The summed E-state index contributed by atoms with van der Waals surface area (Å²) in [5.74, 6) is 7.08. The molecule has 0 bridgehead atoms. The molecule has 1 unspecified atom stereocenters. The lowest BCUT2D eigenvalue weighted by Crippen LogP contribution is -2.29. The van der Waals surface area contributed by atoms with Crippen molar-refractivity contribution in [3.05, 3.63) is 35.0 Å². The highest BCUT2D eigenvalue weighted by Gasteiger charge is 2.33. The van der Waals surface area contributed by atoms with Gasteiger partial charge >= 0.3 is 0 Å². The van der Waals surface area contributed by atoms with Crippen LogP contribution in [0, 0.1) is 5.92 Å². The summed E-state index contributed by atoms with van der Waals surface area (Å²) in [6, 6.07) is 7.78. The standard InChI is InChI=1S/C12H13ClN2O/c13-9-3-4-10-8(5-9)6-11(16-10)12(15-14)7-1-2-7/h3-7,12,15H,1-2,14H2. The molecule has 3 rings (SSSR count). The van der Waals surface area contributed by atoms with Crippen molar-refractivity contribution in [2.75, 3.05) is 0 Å². The molecule has 1 fully saturated rings. The first kappa shape index (κ1) is 10.1. The lowest BCUT2D eigenvalue weighted by atomic mass is 10.1. The molecule has 1 heterocycles. The molecule has 0 radical (unpaired) electrons. The molecule has 1 atom stereocenters. The molecule has 3 N–H and O–H groups in total. The van der Waals surface area contributed by atoms with Gasteiger partial charge in [-0.3, -0.25) is 5.84 Å². The first-order valence-electron chi connectivity index (χ1n) is 5.43. The molecule has 1 saturated carbocycles. The van der Waals surface area contributed by atoms with Crippen LogP contribution in [0.4, 0.5) is 0 Å². The van der Waals surface area contributed by atoms with Crippen LogP contribution in [-0.2, 0) is 0 Å². The number of hydrazine groups is 1. The molecule has 0 saturated heterocycles. The number of fused-ring (bicyclic) bond motifs is 1. The number of hydrogen-bond donors (Lipinski definition) is 2. The van der Waals surface area contributed by atoms with Crippen LogP contribution in [0.5, 0.6) is 0 Å². The Morgan fingerprint density at radius 1 is 1.38 bits per heavy atom. The van der Waals surface area contributed by atoms with Crippen LogP contribution in [0.1, 0.15) is 24.6 Å². The molecule has 0 spiro atoms. The summed E-state index contributed by atoms with van der Waals surface area (Å²) in [6.45, 7) is 0. The summed E-state index contributed by atoms with van der Waals surface area (Å²) in [6.07, 6.45) is 2.43. The van der Waals surface area contributed by atoms with Crippen LogP contribution in [0.2, 0.25) is 5.02 Å². The maximum absolute atomic E-state index is 5.93. The highest BCUT2D eigenvalue weighted by atomic mass is 35.5. The third kappa shape index (κ3) is 1.71. The number of hydrogen-bond acceptors (Lipinski definition) is 3. The quantitative estimate of drug-likeness (QED) is 0.636. The Morgan fingerprint density at radius 2 is 2.19 bits per heavy atom. The van der Waals surface area contributed by atoms with E-state index in [4.69, 9.17) is 21.9 Å². The summed E-state index contributed by atoms with van der Waals surface area (Å²) in [5, 5.41) is 1.76. The van der Waals surface area contributed by atoms with E-state index in [0.29, 0.717) is 5.92 Å². The molecule has 2 aromatic rings. The zero-order valence-corrected chi connectivity index (χ0v) is 9.50. The van der Waals surface area contributed by atoms with Crippen LogP contribution >= 0.6 is 11.6 Å². The van der Waals surface area contributed by atoms with Crippen molar-refractivity contribution in [3.8, 4) is 0 Å². The Bertz CT molecular complexity index is 519. The third-order valence-corrected chi connectivity index (χ3v) is 3.31. The van der Waals surface area contributed by atoms with Gasteiger partial charge in [0.2, 0.25) is 0 Å². The van der Waals surface area contributed by atoms with Crippen LogP contribution in [0.25, 0.3) is 11.0 Å². The molecule has 4 heteroatoms. The third-order valence-electron chi connectivity index (χ3n) is 3.08. The molecular formula is C12H13ClN2O. The van der Waals surface area contributed by atoms with Gasteiger partial charge in [0, 0.05) is 10.4 Å². The SMILES string of the molecule is NNC(c1cc2cc(Cl)ccc2o1)C1CC1. The minimum absolute atomic E-state index is 0.131. The van der Waals surface area contributed by atoms with E-state index in [1.54, 1.807) is 0 Å². The fraction of sp³-hybridized carbons (Fsp3) is 0.333. The second-order valence-corrected chi connectivity index (χ2v) is 4.75. The van der Waals surface area contributed by atoms with Crippen molar-refractivity contribution in [2.24, 2.45) is 11.8 Å². The van der Waals surface area contributed by atoms with Gasteiger partial charge in [0.25, 0.3) is 0 Å². The van der Waals surface area contributed by atoms with Crippen molar-refractivity contribution >= 4 is 22.6 Å². The fourth-order valence-electron chi connectivity index (χ4n) is 2.07. The first-order chi connectivity index (χ1) is 7.78. The predicted molar refractivity (Wildman–Crippen MR) is 64.0 cm³/mol. The van der Waals surface area contributed by atoms with Crippen LogP contribution in [0.3, 0.4) is 0 Å². The minimum atomic E-state index is 0.131. The van der Waals surface area contributed by atoms with Gasteiger partial charge < -0.3 is 4.42 Å². The van der Waals surface area contributed by atoms with Gasteiger partial charge in [-0.15, -0.1) is 0 Å². The fourth-order valence-corrected chi connectivity index (χ4v) is 2.25. The molecule has 0 aliphatic heterocycles. The molecule has 84 valence electrons. The number of benzene rings is 1. The Labute approximate surface area is 98.5 Å². The van der Waals surface area contributed by atoms with Gasteiger partial charge in [0.15, 0.2) is 0 Å². The van der Waals surface area contributed by atoms with Crippen molar-refractivity contribution in [1.29, 1.82) is 0 Å². The van der Waals surface area contributed by atoms with E-state index in [1.807, 2.05) is 24.3 Å². The van der Waals surface area contributed by atoms with Gasteiger partial charge in [-0.05, 0) is 43.0 Å². The lowest BCUT2D eigenvalue weighted by molar-refractivity contribution is 0.403. The van der Waals surface area contributed by atoms with Gasteiger partial charge in [-0.1, -0.05) is 11.6 Å². The number of furan rings is 1. The summed E-state index contributed by atoms with van der Waals surface area (Å²) in [7, 11) is 0. The molecule has 0 amide bonds. The van der Waals surface area contributed by atoms with Crippen LogP contribution in [0.15, 0.2) is 28.7 Å². The smallest absolute Gasteiger partial charge is 0.134 e. The largest absolute Gasteiger partial charge is 0.459 e. The molecular weight excluding hydrogens is 224 g/mol. The summed E-state index contributed by atoms with van der Waals surface area (Å²) < 4.78 is 5.78. The molecule has 1 aromatic carbocycles. The maximum atomic E-state index is 5.93. The van der Waals surface area contributed by atoms with E-state index < -0.39 is 0 Å². The summed E-state index contributed by atoms with van der Waals surface area (Å²) in [5.41, 5.74) is 3.69. The van der Waals surface area contributed by atoms with E-state index in [2.05, 4.69) is 5.43 Å². The molecule has 1 aromatic heterocycles. The highest BCUT2D eigenvalue weighted by Crippen LogP contribution is 2.41. The van der Waals surface area contributed by atoms with E-state index in [9.17, 15) is 0 Å². The molecule has 3 nitrogen and oxygen atoms in total. The highest BCUT2D eigenvalue weighted by molar-refractivity contribution is 6.31. The normalized spacial score (nSPS) is 17.9. The van der Waals surface area contributed by atoms with Gasteiger partial charge in [0.05, 0.1) is 6.04 Å². The van der Waals surface area contributed by atoms with E-state index in [-0.39, 0.29) is 6.04 Å². The van der Waals surface area contributed by atoms with Gasteiger partial charge in [-0.2, -0.15) is 0 Å². The number of nitrogens with two attached hydrogens (primary N) is 1. The summed E-state index contributed by atoms with van der Waals surface area (Å²) >= 11 is 5.93. The van der Waals surface area contributed by atoms with Crippen molar-refractivity contribution in [2.45, 2.75) is 18.9 Å². The molecule has 1 aliphatic rings. The average Bonchev–Trinajstić information content (AvgIpc) is 2.99. The maximum Gasteiger partial charge on any atom is 0.134 e. The molecule has 16 heavy (non-hydrogen) atoms. The monoisotopic (exact) mass is 236 g/mol. The van der Waals surface area contributed by atoms with E-state index >= 15 is 0 Å². The topological polar surface area (TPSA) is 51.2 Å². The van der Waals surface area contributed by atoms with E-state index in [1.165, 1.54) is 12.8 Å². The lowest BCUT2D eigenvalue weighted by Gasteiger charge is -2.10. The molecule has 1 aliphatic carbocycles. The number of halogens is 1. The zero-order chi connectivity index (χ0) is 11.1. The van der Waals surface area contributed by atoms with Gasteiger partial charge in [0.1, 0.15) is 11.3 Å². The van der Waals surface area contributed by atoms with Crippen LogP contribution in [-0.4, -0.2) is 0 Å². The summed E-state index contributed by atoms with van der Waals surface area (Å²) in [4.78, 5) is 0. The first-order valence-corrected chi connectivity index (χ1v) is 5.81. The van der Waals surface area contributed by atoms with E-state index in [0.717, 1.165) is 21.8 Å². The van der Waals surface area contributed by atoms with Gasteiger partial charge in [-0.25, -0.2) is 5.43 Å². The van der Waals surface area contributed by atoms with Crippen LogP contribution < -0.4 is 11.3 Å². The Kier molecular flexibility index (Phi) is 2.39. The van der Waals surface area contributed by atoms with Crippen molar-refractivity contribution in [3.63, 3.8) is 0 Å². The Balaban J connectivity index is 2.03. The van der Waals surface area contributed by atoms with Crippen molar-refractivity contribution < 1.29 is 4.42 Å². The number of rotatable bonds is 3. The Hall–Kier alpha value is -1.03.